The lowest BCUT2D eigenvalue weighted by atomic mass is 10.1. The summed E-state index contributed by atoms with van der Waals surface area (Å²) in [6.07, 6.45) is 0.341. The lowest BCUT2D eigenvalue weighted by Crippen LogP contribution is -2.17. The minimum Gasteiger partial charge on any atom is -0.264 e. The van der Waals surface area contributed by atoms with Gasteiger partial charge in [0.05, 0.1) is 0 Å². The second-order valence-electron chi connectivity index (χ2n) is 2.96. The number of hydrogen-bond donors (Lipinski definition) is 0. The molecule has 1 aromatic rings. The first-order valence-corrected chi connectivity index (χ1v) is 3.97. The number of benzene rings is 1. The van der Waals surface area contributed by atoms with Crippen LogP contribution < -0.4 is 0 Å². The molecule has 0 spiro atoms. The van der Waals surface area contributed by atoms with Gasteiger partial charge in [-0.15, -0.1) is 0 Å². The van der Waals surface area contributed by atoms with Crippen LogP contribution in [0.4, 0.5) is 4.39 Å². The Hall–Kier alpha value is -1.45. The summed E-state index contributed by atoms with van der Waals surface area (Å²) >= 11 is 0. The van der Waals surface area contributed by atoms with E-state index in [4.69, 9.17) is 0 Å². The van der Waals surface area contributed by atoms with Gasteiger partial charge in [0.1, 0.15) is 5.82 Å². The topological polar surface area (TPSA) is 43.1 Å². The van der Waals surface area contributed by atoms with Gasteiger partial charge in [-0.25, -0.2) is 4.39 Å². The molecule has 4 heteroatoms. The van der Waals surface area contributed by atoms with Gasteiger partial charge in [-0.3, -0.25) is 10.1 Å². The Morgan fingerprint density at radius 2 is 2.00 bits per heavy atom. The fourth-order valence-corrected chi connectivity index (χ4v) is 1.04. The molecule has 3 nitrogen and oxygen atoms in total. The molecular formula is C9H10FNO2. The highest BCUT2D eigenvalue weighted by atomic mass is 19.1. The maximum Gasteiger partial charge on any atom is 0.214 e. The first kappa shape index (κ1) is 9.64. The lowest BCUT2D eigenvalue weighted by molar-refractivity contribution is -0.517. The molecule has 0 fully saturated rings. The molecule has 0 saturated carbocycles. The summed E-state index contributed by atoms with van der Waals surface area (Å²) in [6.45, 7) is 1.53. The minimum absolute atomic E-state index is 0.322. The van der Waals surface area contributed by atoms with Crippen LogP contribution in [0.2, 0.25) is 0 Å². The van der Waals surface area contributed by atoms with E-state index < -0.39 is 6.04 Å². The van der Waals surface area contributed by atoms with E-state index in [0.29, 0.717) is 6.42 Å². The largest absolute Gasteiger partial charge is 0.264 e. The maximum absolute atomic E-state index is 12.4. The second-order valence-corrected chi connectivity index (χ2v) is 2.96. The third-order valence-corrected chi connectivity index (χ3v) is 1.80. The third-order valence-electron chi connectivity index (χ3n) is 1.80. The van der Waals surface area contributed by atoms with Crippen molar-refractivity contribution >= 4 is 0 Å². The van der Waals surface area contributed by atoms with Crippen LogP contribution in [0.5, 0.6) is 0 Å². The molecule has 0 aromatic heterocycles. The molecule has 0 heterocycles. The number of hydrogen-bond acceptors (Lipinski definition) is 2. The lowest BCUT2D eigenvalue weighted by Gasteiger charge is -2.02. The van der Waals surface area contributed by atoms with Crippen LogP contribution in [0.25, 0.3) is 0 Å². The molecule has 0 radical (unpaired) electrons. The van der Waals surface area contributed by atoms with Crippen molar-refractivity contribution in [1.82, 2.24) is 0 Å². The summed E-state index contributed by atoms with van der Waals surface area (Å²) < 4.78 is 12.4. The monoisotopic (exact) mass is 183 g/mol. The van der Waals surface area contributed by atoms with Gasteiger partial charge in [0.25, 0.3) is 0 Å². The predicted octanol–water partition coefficient (Wildman–Crippen LogP) is 2.03. The molecule has 1 atom stereocenters. The van der Waals surface area contributed by atoms with Gasteiger partial charge in [-0.05, 0) is 17.7 Å². The van der Waals surface area contributed by atoms with Gasteiger partial charge in [0.15, 0.2) is 0 Å². The van der Waals surface area contributed by atoms with E-state index in [1.165, 1.54) is 19.1 Å². The van der Waals surface area contributed by atoms with Crippen molar-refractivity contribution in [2.75, 3.05) is 0 Å². The highest BCUT2D eigenvalue weighted by Gasteiger charge is 2.12. The molecule has 70 valence electrons. The summed E-state index contributed by atoms with van der Waals surface area (Å²) in [5, 5.41) is 10.3. The summed E-state index contributed by atoms with van der Waals surface area (Å²) in [5.41, 5.74) is 0.783. The molecular weight excluding hydrogens is 173 g/mol. The fraction of sp³-hybridized carbons (Fsp3) is 0.333. The van der Waals surface area contributed by atoms with Crippen molar-refractivity contribution in [3.63, 3.8) is 0 Å². The first-order valence-electron chi connectivity index (χ1n) is 3.97. The minimum atomic E-state index is -0.620. The van der Waals surface area contributed by atoms with Gasteiger partial charge < -0.3 is 0 Å². The SMILES string of the molecule is C[C@@H](Cc1ccc(F)cc1)[N+](=O)[O-]. The predicted molar refractivity (Wildman–Crippen MR) is 46.6 cm³/mol. The van der Waals surface area contributed by atoms with Gasteiger partial charge in [0.2, 0.25) is 6.04 Å². The molecule has 0 saturated heterocycles. The van der Waals surface area contributed by atoms with Crippen molar-refractivity contribution in [1.29, 1.82) is 0 Å². The highest BCUT2D eigenvalue weighted by molar-refractivity contribution is 5.16. The number of rotatable bonds is 3. The first-order chi connectivity index (χ1) is 6.09. The van der Waals surface area contributed by atoms with E-state index in [-0.39, 0.29) is 10.7 Å². The third kappa shape index (κ3) is 2.82. The summed E-state index contributed by atoms with van der Waals surface area (Å²) in [5.74, 6) is -0.322. The van der Waals surface area contributed by atoms with Crippen LogP contribution in [0.15, 0.2) is 24.3 Å². The zero-order valence-corrected chi connectivity index (χ0v) is 7.24. The Bertz CT molecular complexity index is 297. The van der Waals surface area contributed by atoms with Crippen molar-refractivity contribution in [3.05, 3.63) is 45.8 Å². The van der Waals surface area contributed by atoms with E-state index in [0.717, 1.165) is 5.56 Å². The smallest absolute Gasteiger partial charge is 0.214 e. The number of halogens is 1. The van der Waals surface area contributed by atoms with Gasteiger partial charge in [0, 0.05) is 18.3 Å². The Morgan fingerprint density at radius 3 is 2.46 bits per heavy atom. The molecule has 0 aliphatic heterocycles. The molecule has 0 unspecified atom stereocenters. The Balaban J connectivity index is 2.64. The van der Waals surface area contributed by atoms with Gasteiger partial charge in [-0.2, -0.15) is 0 Å². The molecule has 0 aliphatic rings. The van der Waals surface area contributed by atoms with Crippen LogP contribution in [0.1, 0.15) is 12.5 Å². The Kier molecular flexibility index (Phi) is 2.95. The molecule has 0 N–H and O–H groups in total. The standard InChI is InChI=1S/C9H10FNO2/c1-7(11(12)13)6-8-2-4-9(10)5-3-8/h2-5,7H,6H2,1H3/t7-/m0/s1. The molecule has 0 aliphatic carbocycles. The zero-order chi connectivity index (χ0) is 9.84. The molecule has 13 heavy (non-hydrogen) atoms. The van der Waals surface area contributed by atoms with E-state index in [2.05, 4.69) is 0 Å². The van der Waals surface area contributed by atoms with E-state index in [9.17, 15) is 14.5 Å². The molecule has 1 rings (SSSR count). The fourth-order valence-electron chi connectivity index (χ4n) is 1.04. The van der Waals surface area contributed by atoms with Crippen molar-refractivity contribution in [2.24, 2.45) is 0 Å². The summed E-state index contributed by atoms with van der Waals surface area (Å²) in [4.78, 5) is 9.96. The van der Waals surface area contributed by atoms with Crippen LogP contribution in [0.3, 0.4) is 0 Å². The maximum atomic E-state index is 12.4. The zero-order valence-electron chi connectivity index (χ0n) is 7.24. The van der Waals surface area contributed by atoms with E-state index >= 15 is 0 Å². The Labute approximate surface area is 75.3 Å². The van der Waals surface area contributed by atoms with E-state index in [1.807, 2.05) is 0 Å². The summed E-state index contributed by atoms with van der Waals surface area (Å²) in [7, 11) is 0. The van der Waals surface area contributed by atoms with Crippen LogP contribution in [-0.4, -0.2) is 11.0 Å². The molecule has 0 bridgehead atoms. The average molecular weight is 183 g/mol. The van der Waals surface area contributed by atoms with Crippen LogP contribution in [0, 0.1) is 15.9 Å². The van der Waals surface area contributed by atoms with Crippen molar-refractivity contribution in [2.45, 2.75) is 19.4 Å². The second kappa shape index (κ2) is 3.98. The normalized spacial score (nSPS) is 12.5. The Morgan fingerprint density at radius 1 is 1.46 bits per heavy atom. The highest BCUT2D eigenvalue weighted by Crippen LogP contribution is 2.06. The average Bonchev–Trinajstić information content (AvgIpc) is 2.08. The number of nitrogens with zero attached hydrogens (tertiary/aromatic N) is 1. The van der Waals surface area contributed by atoms with Gasteiger partial charge in [-0.1, -0.05) is 12.1 Å². The van der Waals surface area contributed by atoms with Gasteiger partial charge >= 0.3 is 0 Å². The van der Waals surface area contributed by atoms with Crippen LogP contribution >= 0.6 is 0 Å². The van der Waals surface area contributed by atoms with E-state index in [1.54, 1.807) is 12.1 Å². The van der Waals surface area contributed by atoms with Crippen molar-refractivity contribution < 1.29 is 9.31 Å². The molecule has 1 aromatic carbocycles. The quantitative estimate of drug-likeness (QED) is 0.531. The number of nitro groups is 1. The van der Waals surface area contributed by atoms with Crippen molar-refractivity contribution in [3.8, 4) is 0 Å². The molecule has 0 amide bonds. The van der Waals surface area contributed by atoms with Crippen LogP contribution in [-0.2, 0) is 6.42 Å². The summed E-state index contributed by atoms with van der Waals surface area (Å²) in [6, 6.07) is 5.12.